The van der Waals surface area contributed by atoms with E-state index in [0.717, 1.165) is 58.3 Å². The molecule has 6 nitrogen and oxygen atoms in total. The second-order valence-corrected chi connectivity index (χ2v) is 10.5. The number of carbonyl (C=O) groups is 1. The Hall–Kier alpha value is -2.77. The van der Waals surface area contributed by atoms with E-state index in [0.29, 0.717) is 6.42 Å². The average Bonchev–Trinajstić information content (AvgIpc) is 3.29. The van der Waals surface area contributed by atoms with Crippen molar-refractivity contribution in [1.82, 2.24) is 20.4 Å². The van der Waals surface area contributed by atoms with Crippen molar-refractivity contribution in [3.8, 4) is 26.9 Å². The molecule has 4 rings (SSSR count). The largest absolute Gasteiger partial charge is 0.491 e. The van der Waals surface area contributed by atoms with E-state index in [4.69, 9.17) is 4.74 Å². The molecule has 0 spiro atoms. The van der Waals surface area contributed by atoms with Crippen LogP contribution in [0.2, 0.25) is 0 Å². The molecule has 1 amide bonds. The van der Waals surface area contributed by atoms with E-state index in [-0.39, 0.29) is 18.1 Å². The molecule has 1 atom stereocenters. The summed E-state index contributed by atoms with van der Waals surface area (Å²) in [7, 11) is 3.97. The Kier molecular flexibility index (Phi) is 7.63. The van der Waals surface area contributed by atoms with Crippen LogP contribution in [0.5, 0.6) is 5.75 Å². The van der Waals surface area contributed by atoms with Crippen LogP contribution in [0.1, 0.15) is 55.8 Å². The van der Waals surface area contributed by atoms with Gasteiger partial charge in [0.15, 0.2) is 0 Å². The summed E-state index contributed by atoms with van der Waals surface area (Å²) in [4.78, 5) is 14.5. The Labute approximate surface area is 206 Å². The lowest BCUT2D eigenvalue weighted by Gasteiger charge is -2.28. The van der Waals surface area contributed by atoms with Crippen molar-refractivity contribution >= 4 is 17.2 Å². The predicted octanol–water partition coefficient (Wildman–Crippen LogP) is 5.41. The number of fused-ring (bicyclic) bond motifs is 1. The van der Waals surface area contributed by atoms with E-state index < -0.39 is 0 Å². The number of carbonyl (C=O) groups excluding carboxylic acids is 1. The van der Waals surface area contributed by atoms with Crippen LogP contribution in [0.25, 0.3) is 21.1 Å². The van der Waals surface area contributed by atoms with Gasteiger partial charge in [-0.2, -0.15) is 0 Å². The van der Waals surface area contributed by atoms with Crippen LogP contribution < -0.4 is 10.1 Å². The molecule has 1 unspecified atom stereocenters. The topological polar surface area (TPSA) is 67.4 Å². The molecule has 0 fully saturated rings. The van der Waals surface area contributed by atoms with Crippen molar-refractivity contribution in [1.29, 1.82) is 0 Å². The second kappa shape index (κ2) is 10.7. The summed E-state index contributed by atoms with van der Waals surface area (Å²) in [5.41, 5.74) is 5.77. The first-order chi connectivity index (χ1) is 16.3. The normalized spacial score (nSPS) is 15.4. The van der Waals surface area contributed by atoms with E-state index in [2.05, 4.69) is 52.8 Å². The molecular weight excluding hydrogens is 444 g/mol. The van der Waals surface area contributed by atoms with Gasteiger partial charge in [0.1, 0.15) is 15.8 Å². The van der Waals surface area contributed by atoms with Crippen molar-refractivity contribution in [3.05, 3.63) is 53.1 Å². The van der Waals surface area contributed by atoms with Crippen LogP contribution in [-0.4, -0.2) is 47.7 Å². The molecule has 0 radical (unpaired) electrons. The van der Waals surface area contributed by atoms with Crippen LogP contribution in [0.4, 0.5) is 0 Å². The molecule has 3 aromatic rings. The SMILES string of the molecule is Cc1cc(-c2nnc(-c3cccc4c3CCCC4NC(=O)CCN(C)C)s2)ccc1OC(C)C. The van der Waals surface area contributed by atoms with E-state index in [9.17, 15) is 4.79 Å². The summed E-state index contributed by atoms with van der Waals surface area (Å²) in [6.07, 6.45) is 3.66. The molecule has 0 bridgehead atoms. The Bertz CT molecular complexity index is 1160. The Morgan fingerprint density at radius 1 is 1.21 bits per heavy atom. The number of hydrogen-bond acceptors (Lipinski definition) is 6. The zero-order valence-corrected chi connectivity index (χ0v) is 21.5. The van der Waals surface area contributed by atoms with E-state index in [1.807, 2.05) is 38.9 Å². The van der Waals surface area contributed by atoms with E-state index in [1.54, 1.807) is 11.3 Å². The summed E-state index contributed by atoms with van der Waals surface area (Å²) >= 11 is 1.61. The summed E-state index contributed by atoms with van der Waals surface area (Å²) in [6, 6.07) is 12.6. The molecule has 2 aromatic carbocycles. The first-order valence-electron chi connectivity index (χ1n) is 12.0. The van der Waals surface area contributed by atoms with Crippen LogP contribution in [0.3, 0.4) is 0 Å². The Balaban J connectivity index is 1.57. The summed E-state index contributed by atoms with van der Waals surface area (Å²) in [5, 5.41) is 14.1. The van der Waals surface area contributed by atoms with E-state index >= 15 is 0 Å². The van der Waals surface area contributed by atoms with Gasteiger partial charge in [-0.1, -0.05) is 29.5 Å². The maximum atomic E-state index is 12.5. The van der Waals surface area contributed by atoms with E-state index in [1.165, 1.54) is 11.1 Å². The van der Waals surface area contributed by atoms with Crippen LogP contribution in [-0.2, 0) is 11.2 Å². The number of ether oxygens (including phenoxy) is 1. The quantitative estimate of drug-likeness (QED) is 0.469. The van der Waals surface area contributed by atoms with Gasteiger partial charge in [0.2, 0.25) is 5.91 Å². The molecule has 1 N–H and O–H groups in total. The van der Waals surface area contributed by atoms with Crippen molar-refractivity contribution in [2.24, 2.45) is 0 Å². The molecule has 7 heteroatoms. The maximum absolute atomic E-state index is 12.5. The molecule has 0 saturated carbocycles. The smallest absolute Gasteiger partial charge is 0.221 e. The maximum Gasteiger partial charge on any atom is 0.221 e. The number of nitrogens with zero attached hydrogens (tertiary/aromatic N) is 3. The molecule has 1 aliphatic carbocycles. The molecule has 1 heterocycles. The average molecular weight is 479 g/mol. The predicted molar refractivity (Wildman–Crippen MR) is 138 cm³/mol. The number of benzene rings is 2. The summed E-state index contributed by atoms with van der Waals surface area (Å²) in [6.45, 7) is 6.88. The fraction of sp³-hybridized carbons (Fsp3) is 0.444. The lowest BCUT2D eigenvalue weighted by molar-refractivity contribution is -0.122. The summed E-state index contributed by atoms with van der Waals surface area (Å²) < 4.78 is 5.87. The van der Waals surface area contributed by atoms with Crippen molar-refractivity contribution in [2.45, 2.75) is 58.6 Å². The minimum atomic E-state index is 0.0573. The minimum Gasteiger partial charge on any atom is -0.491 e. The highest BCUT2D eigenvalue weighted by atomic mass is 32.1. The minimum absolute atomic E-state index is 0.0573. The number of aromatic nitrogens is 2. The molecule has 180 valence electrons. The number of rotatable bonds is 8. The summed E-state index contributed by atoms with van der Waals surface area (Å²) in [5.74, 6) is 1.01. The molecular formula is C27H34N4O2S. The van der Waals surface area contributed by atoms with Gasteiger partial charge in [0.25, 0.3) is 0 Å². The van der Waals surface area contributed by atoms with Crippen LogP contribution in [0, 0.1) is 6.92 Å². The molecule has 0 aliphatic heterocycles. The Morgan fingerprint density at radius 2 is 2.00 bits per heavy atom. The standard InChI is InChI=1S/C27H34N4O2S/c1-17(2)33-24-13-12-19(16-18(24)3)26-29-30-27(34-26)22-10-6-9-21-20(22)8-7-11-23(21)28-25(32)14-15-31(4)5/h6,9-10,12-13,16-17,23H,7-8,11,14-15H2,1-5H3,(H,28,32). The highest BCUT2D eigenvalue weighted by Gasteiger charge is 2.25. The fourth-order valence-electron chi connectivity index (χ4n) is 4.41. The van der Waals surface area contributed by atoms with Crippen molar-refractivity contribution < 1.29 is 9.53 Å². The van der Waals surface area contributed by atoms with Gasteiger partial charge in [0, 0.05) is 24.1 Å². The second-order valence-electron chi connectivity index (χ2n) is 9.50. The number of hydrogen-bond donors (Lipinski definition) is 1. The van der Waals surface area contributed by atoms with Gasteiger partial charge in [-0.25, -0.2) is 0 Å². The highest BCUT2D eigenvalue weighted by Crippen LogP contribution is 2.39. The fourth-order valence-corrected chi connectivity index (χ4v) is 5.30. The zero-order valence-electron chi connectivity index (χ0n) is 20.7. The lowest BCUT2D eigenvalue weighted by Crippen LogP contribution is -2.33. The third-order valence-corrected chi connectivity index (χ3v) is 7.07. The van der Waals surface area contributed by atoms with Crippen LogP contribution >= 0.6 is 11.3 Å². The Morgan fingerprint density at radius 3 is 2.74 bits per heavy atom. The third-order valence-electron chi connectivity index (χ3n) is 6.07. The molecule has 1 aromatic heterocycles. The number of amides is 1. The third kappa shape index (κ3) is 5.65. The van der Waals surface area contributed by atoms with Gasteiger partial charge >= 0.3 is 0 Å². The molecule has 0 saturated heterocycles. The van der Waals surface area contributed by atoms with Gasteiger partial charge in [0.05, 0.1) is 12.1 Å². The van der Waals surface area contributed by atoms with Crippen LogP contribution in [0.15, 0.2) is 36.4 Å². The lowest BCUT2D eigenvalue weighted by atomic mass is 9.85. The van der Waals surface area contributed by atoms with Crippen molar-refractivity contribution in [2.75, 3.05) is 20.6 Å². The van der Waals surface area contributed by atoms with Crippen molar-refractivity contribution in [3.63, 3.8) is 0 Å². The first kappa shape index (κ1) is 24.4. The van der Waals surface area contributed by atoms with Gasteiger partial charge < -0.3 is 15.0 Å². The molecule has 34 heavy (non-hydrogen) atoms. The van der Waals surface area contributed by atoms with Gasteiger partial charge in [-0.15, -0.1) is 10.2 Å². The monoisotopic (exact) mass is 478 g/mol. The highest BCUT2D eigenvalue weighted by molar-refractivity contribution is 7.17. The van der Waals surface area contributed by atoms with Gasteiger partial charge in [-0.05, 0) is 89.0 Å². The van der Waals surface area contributed by atoms with Gasteiger partial charge in [-0.3, -0.25) is 4.79 Å². The first-order valence-corrected chi connectivity index (χ1v) is 12.8. The molecule has 1 aliphatic rings. The zero-order chi connectivity index (χ0) is 24.2. The number of aryl methyl sites for hydroxylation is 1. The number of nitrogens with one attached hydrogen (secondary N) is 1.